The monoisotopic (exact) mass is 409 g/mol. The predicted octanol–water partition coefficient (Wildman–Crippen LogP) is 0.536. The van der Waals surface area contributed by atoms with E-state index in [0.717, 1.165) is 24.6 Å². The zero-order valence-corrected chi connectivity index (χ0v) is 15.1. The summed E-state index contributed by atoms with van der Waals surface area (Å²) in [5, 5.41) is 17.5. The smallest absolute Gasteiger partial charge is 0.224 e. The molecule has 1 aliphatic heterocycles. The van der Waals surface area contributed by atoms with Crippen LogP contribution in [0.25, 0.3) is 0 Å². The van der Waals surface area contributed by atoms with Crippen molar-refractivity contribution in [1.29, 1.82) is 0 Å². The van der Waals surface area contributed by atoms with E-state index in [4.69, 9.17) is 0 Å². The first-order chi connectivity index (χ1) is 9.38. The third kappa shape index (κ3) is 5.19. The van der Waals surface area contributed by atoms with E-state index in [-0.39, 0.29) is 36.3 Å². The number of aromatic amines is 1. The number of hydrogen-bond donors (Lipinski definition) is 2. The Morgan fingerprint density at radius 1 is 1.52 bits per heavy atom. The minimum atomic E-state index is -0.940. The number of rotatable bonds is 4. The van der Waals surface area contributed by atoms with Crippen molar-refractivity contribution in [3.8, 4) is 0 Å². The number of aliphatic hydroxyl groups is 1. The first-order valence-electron chi connectivity index (χ1n) is 6.91. The number of halogens is 1. The zero-order valence-electron chi connectivity index (χ0n) is 12.8. The quantitative estimate of drug-likeness (QED) is 0.710. The highest BCUT2D eigenvalue weighted by Crippen LogP contribution is 2.25. The second-order valence-corrected chi connectivity index (χ2v) is 5.84. The van der Waals surface area contributed by atoms with E-state index in [1.54, 1.807) is 14.1 Å². The lowest BCUT2D eigenvalue weighted by Crippen LogP contribution is -2.50. The maximum absolute atomic E-state index is 11.8. The molecule has 120 valence electrons. The normalized spacial score (nSPS) is 22.7. The highest BCUT2D eigenvalue weighted by molar-refractivity contribution is 14.0. The summed E-state index contributed by atoms with van der Waals surface area (Å²) in [6, 6.07) is 0. The number of nitrogens with zero attached hydrogens (tertiary/aromatic N) is 4. The van der Waals surface area contributed by atoms with Crippen molar-refractivity contribution >= 4 is 29.9 Å². The molecule has 7 nitrogen and oxygen atoms in total. The maximum atomic E-state index is 11.8. The Bertz CT molecular complexity index is 479. The average molecular weight is 409 g/mol. The molecule has 1 aromatic heterocycles. The van der Waals surface area contributed by atoms with Crippen molar-refractivity contribution in [2.45, 2.75) is 38.3 Å². The Hall–Kier alpha value is -0.740. The molecular weight excluding hydrogens is 385 g/mol. The van der Waals surface area contributed by atoms with Gasteiger partial charge in [0.25, 0.3) is 0 Å². The minimum Gasteiger partial charge on any atom is -0.388 e. The number of aromatic nitrogens is 3. The van der Waals surface area contributed by atoms with Crippen LogP contribution in [0.5, 0.6) is 0 Å². The van der Waals surface area contributed by atoms with Crippen LogP contribution in [0, 0.1) is 6.92 Å². The summed E-state index contributed by atoms with van der Waals surface area (Å²) < 4.78 is 0. The van der Waals surface area contributed by atoms with Crippen molar-refractivity contribution in [3.63, 3.8) is 0 Å². The molecule has 1 saturated heterocycles. The molecule has 0 saturated carbocycles. The molecular formula is C13H24IN5O2. The van der Waals surface area contributed by atoms with Crippen LogP contribution in [0.3, 0.4) is 0 Å². The molecule has 0 spiro atoms. The van der Waals surface area contributed by atoms with Gasteiger partial charge in [0, 0.05) is 20.6 Å². The third-order valence-corrected chi connectivity index (χ3v) is 3.62. The van der Waals surface area contributed by atoms with E-state index < -0.39 is 5.60 Å². The van der Waals surface area contributed by atoms with E-state index in [9.17, 15) is 9.90 Å². The average Bonchev–Trinajstić information content (AvgIpc) is 2.74. The molecule has 0 bridgehead atoms. The third-order valence-electron chi connectivity index (χ3n) is 3.62. The van der Waals surface area contributed by atoms with Crippen LogP contribution in [-0.2, 0) is 11.3 Å². The molecule has 2 N–H and O–H groups in total. The Kier molecular flexibility index (Phi) is 6.54. The van der Waals surface area contributed by atoms with E-state index in [0.29, 0.717) is 19.5 Å². The fourth-order valence-electron chi connectivity index (χ4n) is 2.58. The van der Waals surface area contributed by atoms with Gasteiger partial charge in [-0.1, -0.05) is 0 Å². The first kappa shape index (κ1) is 18.3. The molecule has 8 heteroatoms. The zero-order chi connectivity index (χ0) is 14.8. The first-order valence-corrected chi connectivity index (χ1v) is 6.91. The molecule has 1 fully saturated rings. The van der Waals surface area contributed by atoms with Crippen LogP contribution >= 0.6 is 24.0 Å². The number of carbonyl (C=O) groups is 1. The summed E-state index contributed by atoms with van der Waals surface area (Å²) in [6.45, 7) is 3.84. The molecule has 21 heavy (non-hydrogen) atoms. The topological polar surface area (TPSA) is 85.3 Å². The summed E-state index contributed by atoms with van der Waals surface area (Å²) in [6.07, 6.45) is 1.71. The van der Waals surface area contributed by atoms with Crippen LogP contribution in [-0.4, -0.2) is 68.8 Å². The summed E-state index contributed by atoms with van der Waals surface area (Å²) in [4.78, 5) is 19.7. The van der Waals surface area contributed by atoms with Gasteiger partial charge >= 0.3 is 0 Å². The van der Waals surface area contributed by atoms with Crippen LogP contribution in [0.1, 0.15) is 30.9 Å². The highest BCUT2D eigenvalue weighted by atomic mass is 127. The molecule has 1 aromatic rings. The fraction of sp³-hybridized carbons (Fsp3) is 0.769. The lowest BCUT2D eigenvalue weighted by Gasteiger charge is -2.38. The largest absolute Gasteiger partial charge is 0.388 e. The predicted molar refractivity (Wildman–Crippen MR) is 89.3 cm³/mol. The molecule has 1 amide bonds. The van der Waals surface area contributed by atoms with Gasteiger partial charge in [-0.15, -0.1) is 24.0 Å². The lowest BCUT2D eigenvalue weighted by molar-refractivity contribution is -0.136. The van der Waals surface area contributed by atoms with Crippen LogP contribution in [0.15, 0.2) is 0 Å². The molecule has 0 radical (unpaired) electrons. The van der Waals surface area contributed by atoms with Crippen molar-refractivity contribution in [2.75, 3.05) is 27.2 Å². The maximum Gasteiger partial charge on any atom is 0.224 e. The van der Waals surface area contributed by atoms with Crippen molar-refractivity contribution in [1.82, 2.24) is 25.0 Å². The van der Waals surface area contributed by atoms with Gasteiger partial charge in [-0.3, -0.25) is 14.8 Å². The van der Waals surface area contributed by atoms with Gasteiger partial charge in [-0.2, -0.15) is 5.10 Å². The van der Waals surface area contributed by atoms with Gasteiger partial charge in [0.05, 0.1) is 18.6 Å². The van der Waals surface area contributed by atoms with Gasteiger partial charge in [-0.25, -0.2) is 4.98 Å². The number of likely N-dealkylation sites (tertiary alicyclic amines) is 1. The van der Waals surface area contributed by atoms with Crippen molar-refractivity contribution in [3.05, 3.63) is 11.6 Å². The molecule has 1 atom stereocenters. The summed E-state index contributed by atoms with van der Waals surface area (Å²) >= 11 is 0. The molecule has 1 unspecified atom stereocenters. The minimum absolute atomic E-state index is 0. The number of hydrogen-bond acceptors (Lipinski definition) is 5. The van der Waals surface area contributed by atoms with Gasteiger partial charge in [0.2, 0.25) is 5.91 Å². The van der Waals surface area contributed by atoms with E-state index in [1.807, 2.05) is 6.92 Å². The standard InChI is InChI=1S/C13H23N5O2.HI/c1-10-14-11(16-15-10)8-18-6-4-5-13(20,9-18)7-12(19)17(2)3;/h20H,4-9H2,1-3H3,(H,14,15,16);1H. The number of nitrogens with one attached hydrogen (secondary N) is 1. The Labute approximate surface area is 142 Å². The lowest BCUT2D eigenvalue weighted by atomic mass is 9.89. The highest BCUT2D eigenvalue weighted by Gasteiger charge is 2.36. The van der Waals surface area contributed by atoms with Crippen molar-refractivity contribution in [2.24, 2.45) is 0 Å². The van der Waals surface area contributed by atoms with E-state index in [2.05, 4.69) is 20.1 Å². The second kappa shape index (κ2) is 7.50. The van der Waals surface area contributed by atoms with E-state index in [1.165, 1.54) is 4.90 Å². The number of β-amino-alcohol motifs (C(OH)–C–C–N with tert-alkyl or cyclic N) is 1. The summed E-state index contributed by atoms with van der Waals surface area (Å²) in [7, 11) is 3.42. The summed E-state index contributed by atoms with van der Waals surface area (Å²) in [5.41, 5.74) is -0.940. The number of carbonyl (C=O) groups excluding carboxylic acids is 1. The molecule has 2 heterocycles. The van der Waals surface area contributed by atoms with Crippen LogP contribution < -0.4 is 0 Å². The number of amides is 1. The fourth-order valence-corrected chi connectivity index (χ4v) is 2.58. The Morgan fingerprint density at radius 2 is 2.24 bits per heavy atom. The van der Waals surface area contributed by atoms with Crippen molar-refractivity contribution < 1.29 is 9.90 Å². The van der Waals surface area contributed by atoms with E-state index >= 15 is 0 Å². The SMILES string of the molecule is Cc1nc(CN2CCCC(O)(CC(=O)N(C)C)C2)n[nH]1.I. The molecule has 1 aliphatic rings. The Balaban J connectivity index is 0.00000220. The van der Waals surface area contributed by atoms with Crippen LogP contribution in [0.2, 0.25) is 0 Å². The van der Waals surface area contributed by atoms with Gasteiger partial charge in [0.15, 0.2) is 5.82 Å². The molecule has 2 rings (SSSR count). The van der Waals surface area contributed by atoms with Gasteiger partial charge < -0.3 is 10.0 Å². The number of piperidine rings is 1. The molecule has 0 aromatic carbocycles. The number of aryl methyl sites for hydroxylation is 1. The van der Waals surface area contributed by atoms with Gasteiger partial charge in [0.1, 0.15) is 5.82 Å². The molecule has 0 aliphatic carbocycles. The second-order valence-electron chi connectivity index (χ2n) is 5.84. The Morgan fingerprint density at radius 3 is 2.81 bits per heavy atom. The van der Waals surface area contributed by atoms with Gasteiger partial charge in [-0.05, 0) is 26.3 Å². The van der Waals surface area contributed by atoms with Crippen LogP contribution in [0.4, 0.5) is 0 Å². The summed E-state index contributed by atoms with van der Waals surface area (Å²) in [5.74, 6) is 1.48. The number of H-pyrrole nitrogens is 1.